The molecule has 0 unspecified atom stereocenters. The molecular formula is C13H8ClF3IO-. The molecule has 0 aliphatic rings. The third-order valence-corrected chi connectivity index (χ3v) is 6.03. The molecule has 0 heterocycles. The van der Waals surface area contributed by atoms with Gasteiger partial charge in [0, 0.05) is 0 Å². The third kappa shape index (κ3) is 2.81. The van der Waals surface area contributed by atoms with Crippen molar-refractivity contribution < 1.29 is 39.5 Å². The van der Waals surface area contributed by atoms with Gasteiger partial charge in [-0.25, -0.2) is 0 Å². The van der Waals surface area contributed by atoms with Crippen molar-refractivity contribution in [2.24, 2.45) is 0 Å². The van der Waals surface area contributed by atoms with Crippen LogP contribution in [0.25, 0.3) is 0 Å². The number of hydrogen-bond donors (Lipinski definition) is 1. The second-order valence-corrected chi connectivity index (χ2v) is 7.02. The van der Waals surface area contributed by atoms with Gasteiger partial charge in [-0.3, -0.25) is 0 Å². The molecule has 0 saturated heterocycles. The summed E-state index contributed by atoms with van der Waals surface area (Å²) < 4.78 is 41.1. The van der Waals surface area contributed by atoms with E-state index in [1.54, 1.807) is 0 Å². The summed E-state index contributed by atoms with van der Waals surface area (Å²) >= 11 is 4.58. The molecule has 1 N–H and O–H groups in total. The van der Waals surface area contributed by atoms with Crippen LogP contribution in [0.1, 0.15) is 5.56 Å². The standard InChI is InChI=1S/C13H8ClF3IO/c1-6-2-3-8(12(16)11(6)15)18-7-4-5-9(19)13(17)10(7)14/h2-5,19H,1H3/q-1. The van der Waals surface area contributed by atoms with Crippen LogP contribution in [0.3, 0.4) is 0 Å². The van der Waals surface area contributed by atoms with Gasteiger partial charge in [0.2, 0.25) is 0 Å². The van der Waals surface area contributed by atoms with Gasteiger partial charge >= 0.3 is 123 Å². The molecule has 0 aliphatic heterocycles. The molecule has 0 fully saturated rings. The second kappa shape index (κ2) is 5.58. The average molecular weight is 400 g/mol. The number of halogens is 5. The van der Waals surface area contributed by atoms with Crippen molar-refractivity contribution in [1.29, 1.82) is 0 Å². The van der Waals surface area contributed by atoms with Gasteiger partial charge < -0.3 is 0 Å². The minimum atomic E-state index is -1.17. The molecule has 0 aliphatic carbocycles. The first-order valence-electron chi connectivity index (χ1n) is 5.18. The van der Waals surface area contributed by atoms with Crippen LogP contribution in [-0.2, 0) is 0 Å². The van der Waals surface area contributed by atoms with Crippen LogP contribution >= 0.6 is 11.6 Å². The second-order valence-electron chi connectivity index (χ2n) is 3.78. The summed E-state index contributed by atoms with van der Waals surface area (Å²) in [5.74, 6) is -3.31. The first kappa shape index (κ1) is 14.5. The summed E-state index contributed by atoms with van der Waals surface area (Å²) in [7, 11) is 0. The van der Waals surface area contributed by atoms with Gasteiger partial charge in [0.05, 0.1) is 0 Å². The van der Waals surface area contributed by atoms with E-state index in [2.05, 4.69) is 0 Å². The summed E-state index contributed by atoms with van der Waals surface area (Å²) in [4.78, 5) is 0. The molecule has 0 aromatic heterocycles. The molecular weight excluding hydrogens is 391 g/mol. The van der Waals surface area contributed by atoms with Gasteiger partial charge in [-0.05, 0) is 0 Å². The van der Waals surface area contributed by atoms with E-state index in [1.165, 1.54) is 25.1 Å². The zero-order chi connectivity index (χ0) is 14.2. The molecule has 2 aromatic rings. The molecule has 19 heavy (non-hydrogen) atoms. The van der Waals surface area contributed by atoms with E-state index in [0.717, 1.165) is 6.07 Å². The van der Waals surface area contributed by atoms with E-state index >= 15 is 0 Å². The molecule has 0 atom stereocenters. The molecule has 0 amide bonds. The molecule has 0 radical (unpaired) electrons. The zero-order valence-electron chi connectivity index (χ0n) is 9.65. The first-order chi connectivity index (χ1) is 8.91. The van der Waals surface area contributed by atoms with Crippen LogP contribution in [-0.4, -0.2) is 5.11 Å². The Morgan fingerprint density at radius 1 is 0.947 bits per heavy atom. The number of aromatic hydroxyl groups is 1. The Morgan fingerprint density at radius 3 is 2.26 bits per heavy atom. The molecule has 2 rings (SSSR count). The quantitative estimate of drug-likeness (QED) is 0.588. The monoisotopic (exact) mass is 399 g/mol. The van der Waals surface area contributed by atoms with Crippen molar-refractivity contribution in [3.05, 3.63) is 59.4 Å². The van der Waals surface area contributed by atoms with Crippen molar-refractivity contribution >= 4 is 11.6 Å². The SMILES string of the molecule is Cc1ccc([I-]c2ccc(O)c(F)c2Cl)c(F)c1F. The van der Waals surface area contributed by atoms with E-state index in [1.807, 2.05) is 0 Å². The van der Waals surface area contributed by atoms with Gasteiger partial charge in [-0.2, -0.15) is 0 Å². The number of phenolic OH excluding ortho intramolecular Hbond substituents is 1. The number of aryl methyl sites for hydroxylation is 1. The number of hydrogen-bond acceptors (Lipinski definition) is 1. The predicted molar refractivity (Wildman–Crippen MR) is 61.6 cm³/mol. The van der Waals surface area contributed by atoms with Crippen LogP contribution in [0.2, 0.25) is 5.02 Å². The van der Waals surface area contributed by atoms with Gasteiger partial charge in [0.15, 0.2) is 0 Å². The maximum absolute atomic E-state index is 13.7. The normalized spacial score (nSPS) is 11.0. The number of phenols is 1. The Kier molecular flexibility index (Phi) is 4.25. The zero-order valence-corrected chi connectivity index (χ0v) is 12.6. The summed E-state index contributed by atoms with van der Waals surface area (Å²) in [6.07, 6.45) is 0. The van der Waals surface area contributed by atoms with Gasteiger partial charge in [-0.1, -0.05) is 0 Å². The van der Waals surface area contributed by atoms with E-state index in [9.17, 15) is 13.2 Å². The molecule has 1 nitrogen and oxygen atoms in total. The Morgan fingerprint density at radius 2 is 1.58 bits per heavy atom. The topological polar surface area (TPSA) is 20.2 Å². The molecule has 0 spiro atoms. The third-order valence-electron chi connectivity index (χ3n) is 2.45. The van der Waals surface area contributed by atoms with E-state index in [0.29, 0.717) is 3.57 Å². The summed E-state index contributed by atoms with van der Waals surface area (Å²) in [6, 6.07) is 5.52. The number of rotatable bonds is 2. The summed E-state index contributed by atoms with van der Waals surface area (Å²) in [6.45, 7) is 1.47. The molecule has 102 valence electrons. The van der Waals surface area contributed by atoms with Crippen molar-refractivity contribution in [2.75, 3.05) is 0 Å². The molecule has 0 bridgehead atoms. The van der Waals surface area contributed by atoms with Crippen LogP contribution in [0.4, 0.5) is 13.2 Å². The summed E-state index contributed by atoms with van der Waals surface area (Å²) in [5, 5.41) is 8.90. The van der Waals surface area contributed by atoms with Crippen molar-refractivity contribution in [1.82, 2.24) is 0 Å². The van der Waals surface area contributed by atoms with E-state index < -0.39 is 44.4 Å². The van der Waals surface area contributed by atoms with E-state index in [-0.39, 0.29) is 14.2 Å². The fourth-order valence-electron chi connectivity index (χ4n) is 1.39. The van der Waals surface area contributed by atoms with Crippen molar-refractivity contribution in [3.8, 4) is 5.75 Å². The number of benzene rings is 2. The van der Waals surface area contributed by atoms with Gasteiger partial charge in [0.1, 0.15) is 0 Å². The van der Waals surface area contributed by atoms with Gasteiger partial charge in [-0.15, -0.1) is 0 Å². The Labute approximate surface area is 123 Å². The van der Waals surface area contributed by atoms with E-state index in [4.69, 9.17) is 16.7 Å². The summed E-state index contributed by atoms with van der Waals surface area (Å²) in [5.41, 5.74) is 0.216. The van der Waals surface area contributed by atoms with Crippen molar-refractivity contribution in [3.63, 3.8) is 0 Å². The average Bonchev–Trinajstić information content (AvgIpc) is 2.39. The molecule has 6 heteroatoms. The minimum absolute atomic E-state index is 0.189. The van der Waals surface area contributed by atoms with Gasteiger partial charge in [0.25, 0.3) is 0 Å². The van der Waals surface area contributed by atoms with Crippen LogP contribution < -0.4 is 21.2 Å². The van der Waals surface area contributed by atoms with Crippen LogP contribution in [0.15, 0.2) is 24.3 Å². The fourth-order valence-corrected chi connectivity index (χ4v) is 4.09. The Balaban J connectivity index is 2.43. The Hall–Kier alpha value is -0.950. The van der Waals surface area contributed by atoms with Crippen LogP contribution in [0, 0.1) is 31.5 Å². The predicted octanol–water partition coefficient (Wildman–Crippen LogP) is 0.900. The molecule has 0 saturated carbocycles. The maximum atomic E-state index is 13.7. The van der Waals surface area contributed by atoms with Crippen molar-refractivity contribution in [2.45, 2.75) is 6.92 Å². The molecule has 2 aromatic carbocycles. The Bertz CT molecular complexity index is 591. The van der Waals surface area contributed by atoms with Crippen LogP contribution in [0.5, 0.6) is 5.75 Å². The first-order valence-corrected chi connectivity index (χ1v) is 7.71. The fraction of sp³-hybridized carbons (Fsp3) is 0.0769.